The van der Waals surface area contributed by atoms with Crippen molar-refractivity contribution in [3.05, 3.63) is 102 Å². The molecule has 0 saturated heterocycles. The molecule has 1 aromatic heterocycles. The maximum absolute atomic E-state index is 13.2. The summed E-state index contributed by atoms with van der Waals surface area (Å²) in [5.74, 6) is -2.19. The molecule has 0 fully saturated rings. The molecular weight excluding hydrogens is 463 g/mol. The molecule has 2 amide bonds. The topological polar surface area (TPSA) is 102 Å². The van der Waals surface area contributed by atoms with E-state index in [1.54, 1.807) is 10.7 Å². The molecular formula is C27H23FN4O4. The normalized spacial score (nSPS) is 10.5. The molecule has 0 aliphatic heterocycles. The van der Waals surface area contributed by atoms with Crippen molar-refractivity contribution in [1.82, 2.24) is 15.1 Å². The van der Waals surface area contributed by atoms with Gasteiger partial charge in [-0.25, -0.2) is 9.07 Å². The summed E-state index contributed by atoms with van der Waals surface area (Å²) in [7, 11) is 0. The molecule has 0 spiro atoms. The Balaban J connectivity index is 1.38. The number of benzene rings is 3. The summed E-state index contributed by atoms with van der Waals surface area (Å²) in [6.45, 7) is 0.961. The second-order valence-electron chi connectivity index (χ2n) is 7.93. The van der Waals surface area contributed by atoms with Crippen molar-refractivity contribution >= 4 is 23.6 Å². The molecule has 0 bridgehead atoms. The van der Waals surface area contributed by atoms with Gasteiger partial charge in [0, 0.05) is 17.2 Å². The molecule has 9 heteroatoms. The van der Waals surface area contributed by atoms with E-state index in [0.717, 1.165) is 22.9 Å². The molecule has 3 aromatic carbocycles. The largest absolute Gasteiger partial charge is 0.454 e. The minimum absolute atomic E-state index is 0.0686. The number of carbonyl (C=O) groups is 3. The molecule has 1 heterocycles. The van der Waals surface area contributed by atoms with Gasteiger partial charge >= 0.3 is 5.97 Å². The number of aromatic nitrogens is 2. The quantitative estimate of drug-likeness (QED) is 0.368. The highest BCUT2D eigenvalue weighted by Gasteiger charge is 2.16. The Hall–Kier alpha value is -4.79. The summed E-state index contributed by atoms with van der Waals surface area (Å²) >= 11 is 0. The van der Waals surface area contributed by atoms with E-state index in [-0.39, 0.29) is 5.56 Å². The highest BCUT2D eigenvalue weighted by molar-refractivity contribution is 5.96. The molecule has 0 unspecified atom stereocenters. The van der Waals surface area contributed by atoms with Crippen molar-refractivity contribution in [2.24, 2.45) is 0 Å². The lowest BCUT2D eigenvalue weighted by molar-refractivity contribution is -0.146. The van der Waals surface area contributed by atoms with Crippen molar-refractivity contribution in [2.75, 3.05) is 18.5 Å². The number of rotatable bonds is 8. The number of nitrogens with one attached hydrogen (secondary N) is 2. The first-order chi connectivity index (χ1) is 17.4. The molecule has 8 nitrogen and oxygen atoms in total. The van der Waals surface area contributed by atoms with Crippen molar-refractivity contribution in [3.63, 3.8) is 0 Å². The third-order valence-corrected chi connectivity index (χ3v) is 5.17. The SMILES string of the molecule is Cc1ccc(-c2cc(NC(=O)COC(=O)CNC(=O)c3cccc(F)c3)n(-c3ccccc3)n2)cc1. The Morgan fingerprint density at radius 1 is 0.944 bits per heavy atom. The highest BCUT2D eigenvalue weighted by Crippen LogP contribution is 2.25. The fourth-order valence-corrected chi connectivity index (χ4v) is 3.36. The number of hydrogen-bond donors (Lipinski definition) is 2. The first kappa shape index (κ1) is 24.3. The highest BCUT2D eigenvalue weighted by atomic mass is 19.1. The van der Waals surface area contributed by atoms with E-state index in [0.29, 0.717) is 11.5 Å². The fraction of sp³-hybridized carbons (Fsp3) is 0.111. The van der Waals surface area contributed by atoms with E-state index in [2.05, 4.69) is 15.7 Å². The van der Waals surface area contributed by atoms with Crippen molar-refractivity contribution < 1.29 is 23.5 Å². The first-order valence-electron chi connectivity index (χ1n) is 11.1. The number of aryl methyl sites for hydroxylation is 1. The third kappa shape index (κ3) is 6.20. The van der Waals surface area contributed by atoms with E-state index in [1.807, 2.05) is 61.5 Å². The first-order valence-corrected chi connectivity index (χ1v) is 11.1. The van der Waals surface area contributed by atoms with Crippen LogP contribution in [0.1, 0.15) is 15.9 Å². The van der Waals surface area contributed by atoms with Gasteiger partial charge in [-0.15, -0.1) is 0 Å². The maximum Gasteiger partial charge on any atom is 0.325 e. The van der Waals surface area contributed by atoms with Crippen LogP contribution >= 0.6 is 0 Å². The van der Waals surface area contributed by atoms with E-state index >= 15 is 0 Å². The van der Waals surface area contributed by atoms with Crippen molar-refractivity contribution in [3.8, 4) is 16.9 Å². The van der Waals surface area contributed by atoms with Crippen LogP contribution in [-0.2, 0) is 14.3 Å². The number of amides is 2. The second-order valence-corrected chi connectivity index (χ2v) is 7.93. The van der Waals surface area contributed by atoms with Crippen LogP contribution in [0.5, 0.6) is 0 Å². The number of halogens is 1. The number of ether oxygens (including phenoxy) is 1. The Kier molecular flexibility index (Phi) is 7.50. The van der Waals surface area contributed by atoms with Crippen LogP contribution in [0.25, 0.3) is 16.9 Å². The molecule has 0 radical (unpaired) electrons. The molecule has 0 atom stereocenters. The second kappa shape index (κ2) is 11.1. The molecule has 182 valence electrons. The van der Waals surface area contributed by atoms with Gasteiger partial charge in [-0.3, -0.25) is 14.4 Å². The number of esters is 1. The lowest BCUT2D eigenvalue weighted by Crippen LogP contribution is -2.32. The molecule has 0 aliphatic rings. The number of hydrogen-bond acceptors (Lipinski definition) is 5. The van der Waals surface area contributed by atoms with E-state index in [4.69, 9.17) is 4.74 Å². The van der Waals surface area contributed by atoms with Gasteiger partial charge in [0.2, 0.25) is 0 Å². The number of nitrogens with zero attached hydrogens (tertiary/aromatic N) is 2. The summed E-state index contributed by atoms with van der Waals surface area (Å²) in [4.78, 5) is 36.5. The van der Waals surface area contributed by atoms with Gasteiger partial charge in [-0.1, -0.05) is 54.1 Å². The smallest absolute Gasteiger partial charge is 0.325 e. The van der Waals surface area contributed by atoms with Gasteiger partial charge in [0.25, 0.3) is 11.8 Å². The van der Waals surface area contributed by atoms with E-state index < -0.39 is 36.8 Å². The summed E-state index contributed by atoms with van der Waals surface area (Å²) in [6.07, 6.45) is 0. The maximum atomic E-state index is 13.2. The molecule has 0 aliphatic carbocycles. The molecule has 36 heavy (non-hydrogen) atoms. The average molecular weight is 487 g/mol. The Morgan fingerprint density at radius 2 is 1.69 bits per heavy atom. The van der Waals surface area contributed by atoms with Crippen LogP contribution in [0.15, 0.2) is 84.9 Å². The van der Waals surface area contributed by atoms with E-state index in [9.17, 15) is 18.8 Å². The number of para-hydroxylation sites is 1. The van der Waals surface area contributed by atoms with Crippen LogP contribution in [0.2, 0.25) is 0 Å². The van der Waals surface area contributed by atoms with Crippen LogP contribution in [0.3, 0.4) is 0 Å². The monoisotopic (exact) mass is 486 g/mol. The van der Waals surface area contributed by atoms with Gasteiger partial charge in [-0.2, -0.15) is 5.10 Å². The predicted molar refractivity (Wildman–Crippen MR) is 132 cm³/mol. The van der Waals surface area contributed by atoms with Crippen LogP contribution in [0, 0.1) is 12.7 Å². The Bertz CT molecular complexity index is 1380. The van der Waals surface area contributed by atoms with Crippen LogP contribution in [0.4, 0.5) is 10.2 Å². The summed E-state index contributed by atoms with van der Waals surface area (Å²) < 4.78 is 19.8. The standard InChI is InChI=1S/C27H23FN4O4/c1-18-10-12-19(13-11-18)23-15-24(32(31-23)22-8-3-2-4-9-22)30-25(33)17-36-26(34)16-29-27(35)20-6-5-7-21(28)14-20/h2-15H,16-17H2,1H3,(H,29,35)(H,30,33). The molecule has 4 aromatic rings. The molecule has 0 saturated carbocycles. The minimum atomic E-state index is -0.813. The zero-order valence-electron chi connectivity index (χ0n) is 19.4. The fourth-order valence-electron chi connectivity index (χ4n) is 3.36. The van der Waals surface area contributed by atoms with E-state index in [1.165, 1.54) is 18.2 Å². The number of anilines is 1. The molecule has 2 N–H and O–H groups in total. The Morgan fingerprint density at radius 3 is 2.42 bits per heavy atom. The van der Waals surface area contributed by atoms with Gasteiger partial charge < -0.3 is 15.4 Å². The summed E-state index contributed by atoms with van der Waals surface area (Å²) in [6, 6.07) is 23.9. The van der Waals surface area contributed by atoms with Gasteiger partial charge in [0.15, 0.2) is 6.61 Å². The van der Waals surface area contributed by atoms with Crippen molar-refractivity contribution in [1.29, 1.82) is 0 Å². The number of carbonyl (C=O) groups excluding carboxylic acids is 3. The third-order valence-electron chi connectivity index (χ3n) is 5.17. The minimum Gasteiger partial charge on any atom is -0.454 e. The Labute approximate surface area is 206 Å². The lowest BCUT2D eigenvalue weighted by atomic mass is 10.1. The van der Waals surface area contributed by atoms with Gasteiger partial charge in [0.1, 0.15) is 18.2 Å². The van der Waals surface area contributed by atoms with Crippen LogP contribution < -0.4 is 10.6 Å². The lowest BCUT2D eigenvalue weighted by Gasteiger charge is -2.09. The zero-order chi connectivity index (χ0) is 25.5. The average Bonchev–Trinajstić information content (AvgIpc) is 3.30. The zero-order valence-corrected chi connectivity index (χ0v) is 19.4. The van der Waals surface area contributed by atoms with Crippen molar-refractivity contribution in [2.45, 2.75) is 6.92 Å². The van der Waals surface area contributed by atoms with Crippen LogP contribution in [-0.4, -0.2) is 40.7 Å². The van der Waals surface area contributed by atoms with Gasteiger partial charge in [-0.05, 0) is 37.3 Å². The van der Waals surface area contributed by atoms with Gasteiger partial charge in [0.05, 0.1) is 11.4 Å². The predicted octanol–water partition coefficient (Wildman–Crippen LogP) is 3.90. The summed E-state index contributed by atoms with van der Waals surface area (Å²) in [5, 5.41) is 9.68. The molecule has 4 rings (SSSR count). The summed E-state index contributed by atoms with van der Waals surface area (Å²) in [5.41, 5.74) is 3.46.